The molecule has 2 saturated carbocycles. The Bertz CT molecular complexity index is 410. The SMILES string of the molecule is CCC(=O)C1CC(NC(=O)CCOC2CCC(OC(C)C)CC2)C1. The van der Waals surface area contributed by atoms with Crippen molar-refractivity contribution in [2.45, 2.75) is 96.5 Å². The Labute approximate surface area is 145 Å². The van der Waals surface area contributed by atoms with Gasteiger partial charge in [-0.15, -0.1) is 0 Å². The highest BCUT2D eigenvalue weighted by Crippen LogP contribution is 2.29. The van der Waals surface area contributed by atoms with Gasteiger partial charge >= 0.3 is 0 Å². The van der Waals surface area contributed by atoms with E-state index in [1.165, 1.54) is 0 Å². The molecule has 1 amide bonds. The summed E-state index contributed by atoms with van der Waals surface area (Å²) in [7, 11) is 0. The first-order valence-electron chi connectivity index (χ1n) is 9.57. The summed E-state index contributed by atoms with van der Waals surface area (Å²) in [5, 5.41) is 3.00. The zero-order chi connectivity index (χ0) is 17.5. The minimum Gasteiger partial charge on any atom is -0.378 e. The zero-order valence-electron chi connectivity index (χ0n) is 15.4. The number of carbonyl (C=O) groups excluding carboxylic acids is 2. The van der Waals surface area contributed by atoms with Gasteiger partial charge in [0.15, 0.2) is 0 Å². The summed E-state index contributed by atoms with van der Waals surface area (Å²) in [4.78, 5) is 23.4. The van der Waals surface area contributed by atoms with Gasteiger partial charge in [0.25, 0.3) is 0 Å². The second-order valence-corrected chi connectivity index (χ2v) is 7.46. The number of rotatable bonds is 9. The van der Waals surface area contributed by atoms with Crippen molar-refractivity contribution >= 4 is 11.7 Å². The van der Waals surface area contributed by atoms with Crippen LogP contribution in [0.3, 0.4) is 0 Å². The summed E-state index contributed by atoms with van der Waals surface area (Å²) in [5.74, 6) is 0.528. The second-order valence-electron chi connectivity index (χ2n) is 7.46. The van der Waals surface area contributed by atoms with E-state index in [0.717, 1.165) is 38.5 Å². The summed E-state index contributed by atoms with van der Waals surface area (Å²) in [5.41, 5.74) is 0. The molecular weight excluding hydrogens is 306 g/mol. The summed E-state index contributed by atoms with van der Waals surface area (Å²) in [6, 6.07) is 0.182. The van der Waals surface area contributed by atoms with Crippen molar-refractivity contribution in [1.29, 1.82) is 0 Å². The van der Waals surface area contributed by atoms with E-state index in [9.17, 15) is 9.59 Å². The van der Waals surface area contributed by atoms with Crippen LogP contribution >= 0.6 is 0 Å². The number of nitrogens with one attached hydrogen (secondary N) is 1. The molecule has 5 nitrogen and oxygen atoms in total. The fraction of sp³-hybridized carbons (Fsp3) is 0.895. The molecule has 24 heavy (non-hydrogen) atoms. The minimum atomic E-state index is 0.0409. The van der Waals surface area contributed by atoms with Crippen LogP contribution in [-0.4, -0.2) is 42.7 Å². The normalized spacial score (nSPS) is 30.0. The number of hydrogen-bond donors (Lipinski definition) is 1. The molecule has 0 aromatic rings. The first-order chi connectivity index (χ1) is 11.5. The van der Waals surface area contributed by atoms with Crippen molar-refractivity contribution in [3.8, 4) is 0 Å². The van der Waals surface area contributed by atoms with Gasteiger partial charge in [-0.25, -0.2) is 0 Å². The maximum Gasteiger partial charge on any atom is 0.222 e. The molecule has 2 rings (SSSR count). The Morgan fingerprint density at radius 3 is 2.29 bits per heavy atom. The molecule has 5 heteroatoms. The number of amides is 1. The fourth-order valence-electron chi connectivity index (χ4n) is 3.63. The van der Waals surface area contributed by atoms with Gasteiger partial charge in [-0.1, -0.05) is 6.92 Å². The number of carbonyl (C=O) groups is 2. The fourth-order valence-corrected chi connectivity index (χ4v) is 3.63. The highest BCUT2D eigenvalue weighted by Gasteiger charge is 2.34. The molecule has 138 valence electrons. The van der Waals surface area contributed by atoms with Gasteiger partial charge in [0.2, 0.25) is 5.91 Å². The molecule has 0 unspecified atom stereocenters. The number of ketones is 1. The monoisotopic (exact) mass is 339 g/mol. The van der Waals surface area contributed by atoms with Crippen molar-refractivity contribution < 1.29 is 19.1 Å². The predicted octanol–water partition coefficient (Wildman–Crippen LogP) is 3.00. The molecule has 2 aliphatic rings. The average molecular weight is 339 g/mol. The lowest BCUT2D eigenvalue weighted by atomic mass is 9.77. The van der Waals surface area contributed by atoms with Gasteiger partial charge in [0.1, 0.15) is 5.78 Å². The lowest BCUT2D eigenvalue weighted by Gasteiger charge is -2.34. The molecular formula is C19H33NO4. The summed E-state index contributed by atoms with van der Waals surface area (Å²) >= 11 is 0. The van der Waals surface area contributed by atoms with Gasteiger partial charge in [-0.2, -0.15) is 0 Å². The molecule has 0 spiro atoms. The molecule has 0 radical (unpaired) electrons. The third-order valence-corrected chi connectivity index (χ3v) is 5.08. The molecule has 0 aromatic heterocycles. The van der Waals surface area contributed by atoms with E-state index >= 15 is 0 Å². The maximum atomic E-state index is 11.9. The highest BCUT2D eigenvalue weighted by atomic mass is 16.5. The summed E-state index contributed by atoms with van der Waals surface area (Å²) in [6.45, 7) is 6.53. The molecule has 0 aliphatic heterocycles. The average Bonchev–Trinajstić information content (AvgIpc) is 2.51. The van der Waals surface area contributed by atoms with Crippen molar-refractivity contribution in [2.24, 2.45) is 5.92 Å². The highest BCUT2D eigenvalue weighted by molar-refractivity contribution is 5.82. The quantitative estimate of drug-likeness (QED) is 0.701. The molecule has 0 saturated heterocycles. The van der Waals surface area contributed by atoms with Crippen LogP contribution in [0.5, 0.6) is 0 Å². The smallest absolute Gasteiger partial charge is 0.222 e. The predicted molar refractivity (Wildman–Crippen MR) is 92.8 cm³/mol. The molecule has 2 aliphatic carbocycles. The minimum absolute atomic E-state index is 0.0409. The van der Waals surface area contributed by atoms with Crippen molar-refractivity contribution in [3.63, 3.8) is 0 Å². The molecule has 0 bridgehead atoms. The van der Waals surface area contributed by atoms with Gasteiger partial charge in [-0.05, 0) is 52.4 Å². The van der Waals surface area contributed by atoms with Crippen LogP contribution in [0, 0.1) is 5.92 Å². The lowest BCUT2D eigenvalue weighted by molar-refractivity contribution is -0.129. The van der Waals surface area contributed by atoms with Crippen molar-refractivity contribution in [2.75, 3.05) is 6.61 Å². The van der Waals surface area contributed by atoms with Crippen LogP contribution in [0.25, 0.3) is 0 Å². The lowest BCUT2D eigenvalue weighted by Crippen LogP contribution is -2.46. The van der Waals surface area contributed by atoms with Gasteiger partial charge < -0.3 is 14.8 Å². The molecule has 2 fully saturated rings. The Balaban J connectivity index is 1.51. The number of hydrogen-bond acceptors (Lipinski definition) is 4. The van der Waals surface area contributed by atoms with Crippen LogP contribution in [0.15, 0.2) is 0 Å². The summed E-state index contributed by atoms with van der Waals surface area (Å²) < 4.78 is 11.7. The third-order valence-electron chi connectivity index (χ3n) is 5.08. The van der Waals surface area contributed by atoms with Crippen LogP contribution in [0.4, 0.5) is 0 Å². The van der Waals surface area contributed by atoms with E-state index in [1.54, 1.807) is 0 Å². The third kappa shape index (κ3) is 6.17. The summed E-state index contributed by atoms with van der Waals surface area (Å²) in [6.07, 6.45) is 7.66. The zero-order valence-corrected chi connectivity index (χ0v) is 15.4. The van der Waals surface area contributed by atoms with Gasteiger partial charge in [-0.3, -0.25) is 9.59 Å². The Morgan fingerprint density at radius 1 is 1.08 bits per heavy atom. The Morgan fingerprint density at radius 2 is 1.71 bits per heavy atom. The molecule has 0 aromatic carbocycles. The second kappa shape index (κ2) is 9.52. The topological polar surface area (TPSA) is 64.6 Å². The number of ether oxygens (including phenoxy) is 2. The van der Waals surface area contributed by atoms with Gasteiger partial charge in [0, 0.05) is 24.8 Å². The Kier molecular flexibility index (Phi) is 7.69. The number of Topliss-reactive ketones (excluding diaryl/α,β-unsaturated/α-hetero) is 1. The van der Waals surface area contributed by atoms with E-state index in [-0.39, 0.29) is 30.1 Å². The van der Waals surface area contributed by atoms with Crippen LogP contribution in [0.1, 0.15) is 72.1 Å². The van der Waals surface area contributed by atoms with E-state index in [0.29, 0.717) is 31.3 Å². The van der Waals surface area contributed by atoms with Crippen LogP contribution in [-0.2, 0) is 19.1 Å². The van der Waals surface area contributed by atoms with E-state index in [4.69, 9.17) is 9.47 Å². The van der Waals surface area contributed by atoms with E-state index < -0.39 is 0 Å². The maximum absolute atomic E-state index is 11.9. The largest absolute Gasteiger partial charge is 0.378 e. The van der Waals surface area contributed by atoms with Gasteiger partial charge in [0.05, 0.1) is 24.9 Å². The first kappa shape index (κ1) is 19.4. The Hall–Kier alpha value is -0.940. The molecule has 0 atom stereocenters. The standard InChI is InChI=1S/C19H33NO4/c1-4-18(21)14-11-15(12-14)20-19(22)9-10-23-16-5-7-17(8-6-16)24-13(2)3/h13-17H,4-12H2,1-3H3,(H,20,22). The van der Waals surface area contributed by atoms with E-state index in [1.807, 2.05) is 6.92 Å². The van der Waals surface area contributed by atoms with Crippen LogP contribution in [0.2, 0.25) is 0 Å². The van der Waals surface area contributed by atoms with E-state index in [2.05, 4.69) is 19.2 Å². The van der Waals surface area contributed by atoms with Crippen LogP contribution < -0.4 is 5.32 Å². The molecule has 1 N–H and O–H groups in total. The van der Waals surface area contributed by atoms with Crippen molar-refractivity contribution in [1.82, 2.24) is 5.32 Å². The first-order valence-corrected chi connectivity index (χ1v) is 9.57. The van der Waals surface area contributed by atoms with Crippen molar-refractivity contribution in [3.05, 3.63) is 0 Å². The molecule has 0 heterocycles.